The van der Waals surface area contributed by atoms with Crippen molar-refractivity contribution in [3.63, 3.8) is 0 Å². The van der Waals surface area contributed by atoms with Crippen LogP contribution in [0.2, 0.25) is 0 Å². The van der Waals surface area contributed by atoms with Gasteiger partial charge in [-0.15, -0.1) is 0 Å². The summed E-state index contributed by atoms with van der Waals surface area (Å²) in [5.41, 5.74) is 9.71. The van der Waals surface area contributed by atoms with E-state index in [0.29, 0.717) is 5.69 Å². The molecular formula is C9H13N3. The molecule has 1 aromatic carbocycles. The summed E-state index contributed by atoms with van der Waals surface area (Å²) in [5, 5.41) is 6.58. The highest BCUT2D eigenvalue weighted by Crippen LogP contribution is 2.25. The Bertz CT molecular complexity index is 281. The van der Waals surface area contributed by atoms with Crippen LogP contribution in [-0.2, 0) is 0 Å². The van der Waals surface area contributed by atoms with Crippen LogP contribution in [-0.4, -0.2) is 6.54 Å². The molecule has 0 saturated heterocycles. The maximum atomic E-state index is 6.94. The number of aryl methyl sites for hydroxylation is 1. The minimum Gasteiger partial charge on any atom is -0.384 e. The van der Waals surface area contributed by atoms with Crippen LogP contribution in [0.5, 0.6) is 0 Å². The predicted octanol–water partition coefficient (Wildman–Crippen LogP) is 3.09. The molecule has 0 unspecified atom stereocenters. The van der Waals surface area contributed by atoms with Crippen LogP contribution >= 0.6 is 0 Å². The lowest BCUT2D eigenvalue weighted by Crippen LogP contribution is -1.96. The van der Waals surface area contributed by atoms with Gasteiger partial charge in [-0.05, 0) is 31.5 Å². The SMILES string of the molecule is CCNc1ccc(C)cc1N=N. The molecule has 1 rings (SSSR count). The van der Waals surface area contributed by atoms with Gasteiger partial charge in [0, 0.05) is 6.54 Å². The van der Waals surface area contributed by atoms with E-state index >= 15 is 0 Å². The van der Waals surface area contributed by atoms with Crippen molar-refractivity contribution in [2.24, 2.45) is 5.11 Å². The van der Waals surface area contributed by atoms with Crippen molar-refractivity contribution in [3.8, 4) is 0 Å². The Kier molecular flexibility index (Phi) is 2.80. The first-order valence-corrected chi connectivity index (χ1v) is 4.00. The zero-order chi connectivity index (χ0) is 8.97. The van der Waals surface area contributed by atoms with E-state index in [0.717, 1.165) is 17.8 Å². The Hall–Kier alpha value is -1.38. The van der Waals surface area contributed by atoms with Crippen molar-refractivity contribution in [1.29, 1.82) is 5.53 Å². The molecule has 64 valence electrons. The van der Waals surface area contributed by atoms with E-state index in [4.69, 9.17) is 5.53 Å². The van der Waals surface area contributed by atoms with Crippen molar-refractivity contribution in [2.45, 2.75) is 13.8 Å². The summed E-state index contributed by atoms with van der Waals surface area (Å²) in [6.07, 6.45) is 0. The van der Waals surface area contributed by atoms with Crippen LogP contribution in [0.3, 0.4) is 0 Å². The van der Waals surface area contributed by atoms with E-state index < -0.39 is 0 Å². The largest absolute Gasteiger partial charge is 0.384 e. The number of benzene rings is 1. The lowest BCUT2D eigenvalue weighted by Gasteiger charge is -2.05. The third kappa shape index (κ3) is 1.81. The fourth-order valence-corrected chi connectivity index (χ4v) is 1.07. The fraction of sp³-hybridized carbons (Fsp3) is 0.333. The molecule has 0 aliphatic rings. The first-order chi connectivity index (χ1) is 5.77. The average Bonchev–Trinajstić information content (AvgIpc) is 2.08. The Morgan fingerprint density at radius 2 is 2.25 bits per heavy atom. The number of hydrogen-bond donors (Lipinski definition) is 2. The molecule has 0 spiro atoms. The highest BCUT2D eigenvalue weighted by atomic mass is 15.0. The molecule has 1 aromatic rings. The molecule has 0 atom stereocenters. The number of hydrogen-bond acceptors (Lipinski definition) is 3. The van der Waals surface area contributed by atoms with Crippen LogP contribution in [0, 0.1) is 12.5 Å². The second kappa shape index (κ2) is 3.85. The summed E-state index contributed by atoms with van der Waals surface area (Å²) in [7, 11) is 0. The molecule has 0 aliphatic carbocycles. The first-order valence-electron chi connectivity index (χ1n) is 4.00. The minimum atomic E-state index is 0.705. The van der Waals surface area contributed by atoms with Gasteiger partial charge in [0.25, 0.3) is 0 Å². The third-order valence-corrected chi connectivity index (χ3v) is 1.64. The molecule has 0 heterocycles. The Morgan fingerprint density at radius 3 is 2.83 bits per heavy atom. The molecule has 0 saturated carbocycles. The number of nitrogens with zero attached hydrogens (tertiary/aromatic N) is 1. The number of anilines is 1. The summed E-state index contributed by atoms with van der Waals surface area (Å²) < 4.78 is 0. The molecule has 2 N–H and O–H groups in total. The molecule has 0 bridgehead atoms. The Labute approximate surface area is 72.3 Å². The van der Waals surface area contributed by atoms with Gasteiger partial charge in [-0.2, -0.15) is 5.11 Å². The topological polar surface area (TPSA) is 48.2 Å². The van der Waals surface area contributed by atoms with Crippen molar-refractivity contribution < 1.29 is 0 Å². The van der Waals surface area contributed by atoms with E-state index in [2.05, 4.69) is 10.4 Å². The molecule has 0 aromatic heterocycles. The molecule has 0 radical (unpaired) electrons. The lowest BCUT2D eigenvalue weighted by atomic mass is 10.2. The van der Waals surface area contributed by atoms with Crippen LogP contribution in [0.1, 0.15) is 12.5 Å². The summed E-state index contributed by atoms with van der Waals surface area (Å²) in [6.45, 7) is 4.86. The Morgan fingerprint density at radius 1 is 1.50 bits per heavy atom. The lowest BCUT2D eigenvalue weighted by molar-refractivity contribution is 1.13. The summed E-state index contributed by atoms with van der Waals surface area (Å²) in [5.74, 6) is 0. The predicted molar refractivity (Wildman–Crippen MR) is 50.2 cm³/mol. The molecule has 0 amide bonds. The molecule has 12 heavy (non-hydrogen) atoms. The second-order valence-corrected chi connectivity index (χ2v) is 2.66. The monoisotopic (exact) mass is 163 g/mol. The van der Waals surface area contributed by atoms with Gasteiger partial charge in [0.1, 0.15) is 5.69 Å². The van der Waals surface area contributed by atoms with E-state index in [1.165, 1.54) is 0 Å². The van der Waals surface area contributed by atoms with Gasteiger partial charge in [0.2, 0.25) is 0 Å². The maximum absolute atomic E-state index is 6.94. The van der Waals surface area contributed by atoms with E-state index in [-0.39, 0.29) is 0 Å². The zero-order valence-electron chi connectivity index (χ0n) is 7.39. The number of rotatable bonds is 3. The van der Waals surface area contributed by atoms with Crippen molar-refractivity contribution in [2.75, 3.05) is 11.9 Å². The van der Waals surface area contributed by atoms with E-state index in [9.17, 15) is 0 Å². The molecule has 3 heteroatoms. The molecule has 0 fully saturated rings. The summed E-state index contributed by atoms with van der Waals surface area (Å²) in [4.78, 5) is 0. The quantitative estimate of drug-likeness (QED) is 0.661. The van der Waals surface area contributed by atoms with Crippen molar-refractivity contribution in [3.05, 3.63) is 23.8 Å². The van der Waals surface area contributed by atoms with Gasteiger partial charge in [-0.3, -0.25) is 0 Å². The third-order valence-electron chi connectivity index (χ3n) is 1.64. The van der Waals surface area contributed by atoms with Gasteiger partial charge in [0.05, 0.1) is 5.69 Å². The maximum Gasteiger partial charge on any atom is 0.108 e. The normalized spacial score (nSPS) is 9.50. The zero-order valence-corrected chi connectivity index (χ0v) is 7.39. The molecule has 3 nitrogen and oxygen atoms in total. The van der Waals surface area contributed by atoms with Crippen LogP contribution in [0.4, 0.5) is 11.4 Å². The highest BCUT2D eigenvalue weighted by Gasteiger charge is 1.98. The van der Waals surface area contributed by atoms with Crippen LogP contribution in [0.15, 0.2) is 23.3 Å². The highest BCUT2D eigenvalue weighted by molar-refractivity contribution is 5.65. The average molecular weight is 163 g/mol. The minimum absolute atomic E-state index is 0.705. The summed E-state index contributed by atoms with van der Waals surface area (Å²) >= 11 is 0. The smallest absolute Gasteiger partial charge is 0.108 e. The summed E-state index contributed by atoms with van der Waals surface area (Å²) in [6, 6.07) is 5.85. The Balaban J connectivity index is 3.02. The van der Waals surface area contributed by atoms with Gasteiger partial charge in [-0.1, -0.05) is 6.07 Å². The van der Waals surface area contributed by atoms with Crippen LogP contribution < -0.4 is 5.32 Å². The van der Waals surface area contributed by atoms with Gasteiger partial charge in [-0.25, -0.2) is 5.53 Å². The number of nitrogens with one attached hydrogen (secondary N) is 2. The van der Waals surface area contributed by atoms with Crippen molar-refractivity contribution in [1.82, 2.24) is 0 Å². The van der Waals surface area contributed by atoms with Gasteiger partial charge in [0.15, 0.2) is 0 Å². The molecular weight excluding hydrogens is 150 g/mol. The first kappa shape index (κ1) is 8.71. The van der Waals surface area contributed by atoms with E-state index in [1.54, 1.807) is 0 Å². The standard InChI is InChI=1S/C9H13N3/c1-3-11-8-5-4-7(2)6-9(8)12-10/h4-6,10-11H,3H2,1-2H3. The van der Waals surface area contributed by atoms with Crippen molar-refractivity contribution >= 4 is 11.4 Å². The second-order valence-electron chi connectivity index (χ2n) is 2.66. The van der Waals surface area contributed by atoms with E-state index in [1.807, 2.05) is 32.0 Å². The molecule has 0 aliphatic heterocycles. The van der Waals surface area contributed by atoms with Gasteiger partial charge < -0.3 is 5.32 Å². The van der Waals surface area contributed by atoms with Crippen LogP contribution in [0.25, 0.3) is 0 Å². The fourth-order valence-electron chi connectivity index (χ4n) is 1.07. The van der Waals surface area contributed by atoms with Gasteiger partial charge >= 0.3 is 0 Å².